The molecule has 0 unspecified atom stereocenters. The lowest BCUT2D eigenvalue weighted by Gasteiger charge is -2.17. The molecule has 5 nitrogen and oxygen atoms in total. The molecule has 0 bridgehead atoms. The monoisotopic (exact) mass is 218 g/mol. The Balaban J connectivity index is 2.18. The van der Waals surface area contributed by atoms with E-state index in [0.717, 1.165) is 5.17 Å². The van der Waals surface area contributed by atoms with Crippen molar-refractivity contribution < 1.29 is 15.3 Å². The second kappa shape index (κ2) is 3.69. The van der Waals surface area contributed by atoms with Gasteiger partial charge in [-0.3, -0.25) is 4.99 Å². The smallest absolute Gasteiger partial charge is 0.157 e. The molecule has 1 fully saturated rings. The van der Waals surface area contributed by atoms with Gasteiger partial charge in [-0.1, -0.05) is 11.8 Å². The Morgan fingerprint density at radius 1 is 1.43 bits per heavy atom. The molecule has 2 aliphatic rings. The molecular formula is C8H14N2O3S. The summed E-state index contributed by atoms with van der Waals surface area (Å²) >= 11 is 1.48. The van der Waals surface area contributed by atoms with Crippen molar-refractivity contribution in [2.24, 2.45) is 10.9 Å². The molecular weight excluding hydrogens is 204 g/mol. The minimum atomic E-state index is -0.857. The van der Waals surface area contributed by atoms with Gasteiger partial charge in [0.25, 0.3) is 0 Å². The summed E-state index contributed by atoms with van der Waals surface area (Å²) in [5.41, 5.74) is 0. The molecule has 14 heavy (non-hydrogen) atoms. The molecule has 0 radical (unpaired) electrons. The minimum Gasteiger partial charge on any atom is -0.396 e. The highest BCUT2D eigenvalue weighted by molar-refractivity contribution is 8.14. The predicted octanol–water partition coefficient (Wildman–Crippen LogP) is -1.61. The Hall–Kier alpha value is -0.300. The van der Waals surface area contributed by atoms with Gasteiger partial charge in [-0.2, -0.15) is 0 Å². The molecule has 1 saturated carbocycles. The number of nitrogens with zero attached hydrogens (tertiary/aromatic N) is 1. The Labute approximate surface area is 86.2 Å². The lowest BCUT2D eigenvalue weighted by atomic mass is 10.1. The number of amidine groups is 1. The molecule has 0 spiro atoms. The standard InChI is InChI=1S/C8H14N2O3S/c1-9-8-10-4-6(13)5(12)3(2-11)7(4)14-8/h3-7,11-13H,2H2,1H3,(H,9,10)/t3-,4-,5-,6-,7+/m1/s1. The van der Waals surface area contributed by atoms with Gasteiger partial charge < -0.3 is 20.6 Å². The van der Waals surface area contributed by atoms with Crippen LogP contribution < -0.4 is 5.32 Å². The summed E-state index contributed by atoms with van der Waals surface area (Å²) in [5, 5.41) is 32.1. The van der Waals surface area contributed by atoms with E-state index < -0.39 is 12.2 Å². The van der Waals surface area contributed by atoms with Crippen LogP contribution in [0.25, 0.3) is 0 Å². The van der Waals surface area contributed by atoms with Crippen LogP contribution in [0.4, 0.5) is 0 Å². The summed E-state index contributed by atoms with van der Waals surface area (Å²) < 4.78 is 0. The third-order valence-electron chi connectivity index (χ3n) is 2.84. The van der Waals surface area contributed by atoms with E-state index in [0.29, 0.717) is 0 Å². The van der Waals surface area contributed by atoms with Gasteiger partial charge in [-0.05, 0) is 0 Å². The third-order valence-corrected chi connectivity index (χ3v) is 4.27. The molecule has 0 saturated heterocycles. The number of aliphatic hydroxyl groups excluding tert-OH is 3. The largest absolute Gasteiger partial charge is 0.396 e. The lowest BCUT2D eigenvalue weighted by molar-refractivity contribution is 0.00329. The molecule has 6 heteroatoms. The van der Waals surface area contributed by atoms with Gasteiger partial charge in [0.2, 0.25) is 0 Å². The number of fused-ring (bicyclic) bond motifs is 1. The van der Waals surface area contributed by atoms with Gasteiger partial charge in [-0.25, -0.2) is 0 Å². The Kier molecular flexibility index (Phi) is 2.70. The van der Waals surface area contributed by atoms with Crippen molar-refractivity contribution >= 4 is 16.9 Å². The number of nitrogens with one attached hydrogen (secondary N) is 1. The van der Waals surface area contributed by atoms with Crippen LogP contribution in [0, 0.1) is 5.92 Å². The third kappa shape index (κ3) is 1.33. The van der Waals surface area contributed by atoms with E-state index >= 15 is 0 Å². The molecule has 1 aliphatic carbocycles. The summed E-state index contributed by atoms with van der Waals surface area (Å²) in [6.07, 6.45) is -1.71. The molecule has 5 atom stereocenters. The maximum absolute atomic E-state index is 9.67. The minimum absolute atomic E-state index is 0.00699. The van der Waals surface area contributed by atoms with Crippen molar-refractivity contribution in [1.82, 2.24) is 5.32 Å². The van der Waals surface area contributed by atoms with Crippen molar-refractivity contribution in [1.29, 1.82) is 0 Å². The molecule has 80 valence electrons. The zero-order valence-electron chi connectivity index (χ0n) is 7.79. The molecule has 0 aromatic carbocycles. The fraction of sp³-hybridized carbons (Fsp3) is 0.875. The van der Waals surface area contributed by atoms with Gasteiger partial charge in [0.15, 0.2) is 5.17 Å². The fourth-order valence-electron chi connectivity index (χ4n) is 2.03. The van der Waals surface area contributed by atoms with E-state index in [1.807, 2.05) is 0 Å². The molecule has 0 aromatic rings. The maximum Gasteiger partial charge on any atom is 0.157 e. The zero-order valence-corrected chi connectivity index (χ0v) is 8.61. The van der Waals surface area contributed by atoms with Crippen LogP contribution >= 0.6 is 11.8 Å². The predicted molar refractivity (Wildman–Crippen MR) is 54.3 cm³/mol. The summed E-state index contributed by atoms with van der Waals surface area (Å²) in [6.45, 7) is -0.112. The second-order valence-electron chi connectivity index (χ2n) is 3.58. The molecule has 2 rings (SSSR count). The first-order valence-electron chi connectivity index (χ1n) is 4.58. The second-order valence-corrected chi connectivity index (χ2v) is 4.75. The van der Waals surface area contributed by atoms with Gasteiger partial charge >= 0.3 is 0 Å². The van der Waals surface area contributed by atoms with Gasteiger partial charge in [-0.15, -0.1) is 0 Å². The Morgan fingerprint density at radius 2 is 2.14 bits per heavy atom. The van der Waals surface area contributed by atoms with E-state index in [1.54, 1.807) is 7.05 Å². The first-order chi connectivity index (χ1) is 6.69. The normalized spacial score (nSPS) is 46.3. The lowest BCUT2D eigenvalue weighted by Crippen LogP contribution is -2.31. The highest BCUT2D eigenvalue weighted by atomic mass is 32.2. The van der Waals surface area contributed by atoms with E-state index in [9.17, 15) is 10.2 Å². The van der Waals surface area contributed by atoms with E-state index in [4.69, 9.17) is 5.11 Å². The quantitative estimate of drug-likeness (QED) is 0.425. The fourth-order valence-corrected chi connectivity index (χ4v) is 3.38. The van der Waals surface area contributed by atoms with Crippen molar-refractivity contribution in [3.63, 3.8) is 0 Å². The maximum atomic E-state index is 9.67. The number of aliphatic hydroxyl groups is 3. The van der Waals surface area contributed by atoms with Crippen molar-refractivity contribution in [2.75, 3.05) is 13.7 Å². The van der Waals surface area contributed by atoms with Gasteiger partial charge in [0.05, 0.1) is 12.1 Å². The molecule has 1 aliphatic heterocycles. The van der Waals surface area contributed by atoms with Crippen LogP contribution in [0.1, 0.15) is 0 Å². The van der Waals surface area contributed by atoms with Crippen molar-refractivity contribution in [3.8, 4) is 0 Å². The van der Waals surface area contributed by atoms with E-state index in [1.165, 1.54) is 11.8 Å². The molecule has 4 N–H and O–H groups in total. The van der Waals surface area contributed by atoms with Crippen LogP contribution in [-0.4, -0.2) is 57.6 Å². The average Bonchev–Trinajstić information content (AvgIpc) is 2.69. The van der Waals surface area contributed by atoms with Gasteiger partial charge in [0, 0.05) is 24.8 Å². The number of hydrogen-bond donors (Lipinski definition) is 4. The summed E-state index contributed by atoms with van der Waals surface area (Å²) in [5.74, 6) is -0.283. The molecule has 1 heterocycles. The van der Waals surface area contributed by atoms with Crippen LogP contribution in [0.3, 0.4) is 0 Å². The van der Waals surface area contributed by atoms with Crippen LogP contribution in [0.15, 0.2) is 4.99 Å². The van der Waals surface area contributed by atoms with Gasteiger partial charge in [0.1, 0.15) is 6.10 Å². The number of aliphatic imine (C=N–C) groups is 1. The van der Waals surface area contributed by atoms with E-state index in [-0.39, 0.29) is 23.8 Å². The summed E-state index contributed by atoms with van der Waals surface area (Å²) in [4.78, 5) is 4.25. The number of thioether (sulfide) groups is 1. The average molecular weight is 218 g/mol. The summed E-state index contributed by atoms with van der Waals surface area (Å²) in [7, 11) is 1.77. The number of rotatable bonds is 1. The zero-order chi connectivity index (χ0) is 10.3. The van der Waals surface area contributed by atoms with Crippen molar-refractivity contribution in [2.45, 2.75) is 23.5 Å². The van der Waals surface area contributed by atoms with E-state index in [2.05, 4.69) is 10.3 Å². The molecule has 0 amide bonds. The van der Waals surface area contributed by atoms with Crippen LogP contribution in [0.5, 0.6) is 0 Å². The first kappa shape index (κ1) is 10.2. The summed E-state index contributed by atoms with van der Waals surface area (Å²) in [6, 6.07) is -0.283. The van der Waals surface area contributed by atoms with Crippen molar-refractivity contribution in [3.05, 3.63) is 0 Å². The first-order valence-corrected chi connectivity index (χ1v) is 5.46. The topological polar surface area (TPSA) is 85.1 Å². The van der Waals surface area contributed by atoms with Crippen LogP contribution in [0.2, 0.25) is 0 Å². The Morgan fingerprint density at radius 3 is 2.71 bits per heavy atom. The van der Waals surface area contributed by atoms with Crippen LogP contribution in [-0.2, 0) is 0 Å². The molecule has 0 aromatic heterocycles. The Bertz CT molecular complexity index is 261. The SMILES string of the molecule is CNC1=N[C@@H]2[C@@H](O)[C@H](O)[C@@H](CO)[C@@H]2S1. The highest BCUT2D eigenvalue weighted by Crippen LogP contribution is 2.41. The number of hydrogen-bond acceptors (Lipinski definition) is 6. The highest BCUT2D eigenvalue weighted by Gasteiger charge is 2.52.